The minimum absolute atomic E-state index is 0.0957. The molecule has 2 unspecified atom stereocenters. The lowest BCUT2D eigenvalue weighted by Crippen LogP contribution is -2.55. The van der Waals surface area contributed by atoms with Crippen LogP contribution in [0.5, 0.6) is 0 Å². The number of sulfone groups is 1. The maximum absolute atomic E-state index is 14.5. The van der Waals surface area contributed by atoms with E-state index in [1.54, 1.807) is 6.07 Å². The van der Waals surface area contributed by atoms with E-state index in [1.165, 1.54) is 24.3 Å². The molecule has 2 atom stereocenters. The molecule has 19 heavy (non-hydrogen) atoms. The number of benzene rings is 1. The summed E-state index contributed by atoms with van der Waals surface area (Å²) in [5.41, 5.74) is -4.03. The summed E-state index contributed by atoms with van der Waals surface area (Å²) in [4.78, 5) is 0. The van der Waals surface area contributed by atoms with E-state index in [0.717, 1.165) is 0 Å². The Balaban J connectivity index is 2.27. The third-order valence-electron chi connectivity index (χ3n) is 3.36. The van der Waals surface area contributed by atoms with Crippen LogP contribution in [0, 0.1) is 0 Å². The van der Waals surface area contributed by atoms with Gasteiger partial charge in [-0.15, -0.1) is 0 Å². The first kappa shape index (κ1) is 12.4. The molecule has 2 nitrogen and oxygen atoms in total. The van der Waals surface area contributed by atoms with E-state index in [1.807, 2.05) is 0 Å². The molecule has 0 radical (unpaired) electrons. The van der Waals surface area contributed by atoms with Gasteiger partial charge in [-0.05, 0) is 11.6 Å². The van der Waals surface area contributed by atoms with Crippen molar-refractivity contribution in [2.45, 2.75) is 10.7 Å². The molecule has 100 valence electrons. The zero-order valence-corrected chi connectivity index (χ0v) is 10.0. The lowest BCUT2D eigenvalue weighted by atomic mass is 9.75. The summed E-state index contributed by atoms with van der Waals surface area (Å²) in [7, 11) is -5.29. The maximum Gasteiger partial charge on any atom is 0.280 e. The smallest absolute Gasteiger partial charge is 0.225 e. The average Bonchev–Trinajstić information content (AvgIpc) is 2.47. The zero-order valence-electron chi connectivity index (χ0n) is 9.20. The van der Waals surface area contributed by atoms with Crippen LogP contribution in [0.1, 0.15) is 5.56 Å². The van der Waals surface area contributed by atoms with Crippen molar-refractivity contribution in [3.8, 4) is 0 Å². The van der Waals surface area contributed by atoms with Gasteiger partial charge in [0.05, 0.1) is 0 Å². The second-order valence-electron chi connectivity index (χ2n) is 4.32. The van der Waals surface area contributed by atoms with Crippen LogP contribution < -0.4 is 0 Å². The Hall–Kier alpha value is -1.63. The summed E-state index contributed by atoms with van der Waals surface area (Å²) in [6, 6.07) is 7.26. The Labute approximate surface area is 106 Å². The molecule has 0 aromatic heterocycles. The van der Waals surface area contributed by atoms with Crippen LogP contribution in [0.3, 0.4) is 0 Å². The van der Waals surface area contributed by atoms with Crippen molar-refractivity contribution >= 4 is 15.4 Å². The monoisotopic (exact) mass is 290 g/mol. The van der Waals surface area contributed by atoms with E-state index < -0.39 is 37.1 Å². The second kappa shape index (κ2) is 3.27. The first-order valence-corrected chi connectivity index (χ1v) is 6.72. The Morgan fingerprint density at radius 3 is 2.11 bits per heavy atom. The van der Waals surface area contributed by atoms with Gasteiger partial charge in [0, 0.05) is 5.57 Å². The fourth-order valence-corrected chi connectivity index (χ4v) is 3.79. The molecule has 2 aliphatic rings. The van der Waals surface area contributed by atoms with E-state index in [-0.39, 0.29) is 5.56 Å². The number of hydrogen-bond acceptors (Lipinski definition) is 2. The molecule has 0 amide bonds. The van der Waals surface area contributed by atoms with E-state index >= 15 is 0 Å². The fourth-order valence-electron chi connectivity index (χ4n) is 2.30. The number of fused-ring (bicyclic) bond motifs is 1. The summed E-state index contributed by atoms with van der Waals surface area (Å²) >= 11 is 0. The van der Waals surface area contributed by atoms with E-state index in [9.17, 15) is 26.0 Å². The van der Waals surface area contributed by atoms with Gasteiger partial charge in [0.2, 0.25) is 5.67 Å². The zero-order chi connectivity index (χ0) is 14.1. The van der Waals surface area contributed by atoms with Crippen LogP contribution in [0.4, 0.5) is 17.6 Å². The number of hydrogen-bond donors (Lipinski definition) is 0. The number of rotatable bonds is 1. The summed E-state index contributed by atoms with van der Waals surface area (Å²) in [6.07, 6.45) is 0.407. The molecule has 1 aromatic rings. The van der Waals surface area contributed by atoms with Crippen molar-refractivity contribution in [2.24, 2.45) is 0 Å². The topological polar surface area (TPSA) is 34.1 Å². The summed E-state index contributed by atoms with van der Waals surface area (Å²) in [6.45, 7) is 0. The van der Waals surface area contributed by atoms with Gasteiger partial charge in [-0.25, -0.2) is 21.6 Å². The normalized spacial score (nSPS) is 35.7. The quantitative estimate of drug-likeness (QED) is 0.745. The average molecular weight is 290 g/mol. The molecule has 0 spiro atoms. The summed E-state index contributed by atoms with van der Waals surface area (Å²) in [5.74, 6) is -2.23. The molecule has 1 aromatic carbocycles. The molecule has 3 rings (SSSR count). The highest BCUT2D eigenvalue weighted by Crippen LogP contribution is 2.65. The summed E-state index contributed by atoms with van der Waals surface area (Å²) < 4.78 is 78.0. The lowest BCUT2D eigenvalue weighted by Gasteiger charge is -2.40. The predicted octanol–water partition coefficient (Wildman–Crippen LogP) is 2.99. The van der Waals surface area contributed by atoms with Crippen LogP contribution in [-0.4, -0.2) is 19.1 Å². The molecular weight excluding hydrogens is 284 g/mol. The minimum Gasteiger partial charge on any atom is -0.225 e. The molecular formula is C12H6F4O2S. The molecule has 0 saturated carbocycles. The van der Waals surface area contributed by atoms with Crippen molar-refractivity contribution < 1.29 is 26.0 Å². The second-order valence-corrected chi connectivity index (χ2v) is 6.28. The van der Waals surface area contributed by atoms with Gasteiger partial charge in [0.25, 0.3) is 20.0 Å². The van der Waals surface area contributed by atoms with Gasteiger partial charge < -0.3 is 0 Å². The molecule has 1 aliphatic carbocycles. The third kappa shape index (κ3) is 1.10. The van der Waals surface area contributed by atoms with E-state index in [2.05, 4.69) is 0 Å². The number of allylic oxidation sites excluding steroid dienone is 2. The van der Waals surface area contributed by atoms with Gasteiger partial charge in [0.15, 0.2) is 5.83 Å². The first-order chi connectivity index (χ1) is 8.77. The van der Waals surface area contributed by atoms with Gasteiger partial charge >= 0.3 is 0 Å². The number of alkyl halides is 2. The molecule has 0 saturated heterocycles. The fraction of sp³-hybridized carbons (Fsp3) is 0.167. The van der Waals surface area contributed by atoms with Crippen LogP contribution >= 0.6 is 0 Å². The highest BCUT2D eigenvalue weighted by atomic mass is 32.2. The molecule has 0 fully saturated rings. The molecule has 7 heteroatoms. The van der Waals surface area contributed by atoms with Crippen LogP contribution in [-0.2, 0) is 9.84 Å². The lowest BCUT2D eigenvalue weighted by molar-refractivity contribution is 0.0984. The van der Waals surface area contributed by atoms with Gasteiger partial charge in [-0.2, -0.15) is 4.39 Å². The van der Waals surface area contributed by atoms with Crippen molar-refractivity contribution in [2.75, 3.05) is 0 Å². The van der Waals surface area contributed by atoms with Crippen molar-refractivity contribution in [1.29, 1.82) is 0 Å². The van der Waals surface area contributed by atoms with Crippen LogP contribution in [0.15, 0.2) is 47.4 Å². The Kier molecular flexibility index (Phi) is 2.14. The van der Waals surface area contributed by atoms with Gasteiger partial charge in [-0.3, -0.25) is 0 Å². The van der Waals surface area contributed by atoms with Gasteiger partial charge in [0.1, 0.15) is 0 Å². The highest BCUT2D eigenvalue weighted by Gasteiger charge is 2.79. The van der Waals surface area contributed by atoms with Crippen molar-refractivity contribution in [3.05, 3.63) is 53.0 Å². The Morgan fingerprint density at radius 2 is 1.58 bits per heavy atom. The largest absolute Gasteiger partial charge is 0.280 e. The third-order valence-corrected chi connectivity index (χ3v) is 5.19. The Morgan fingerprint density at radius 1 is 1.00 bits per heavy atom. The molecule has 1 heterocycles. The standard InChI is InChI=1S/C12H6F4O2S/c13-9-10(14)19(17,18)11(15)6-8(12(9,11)16)7-4-2-1-3-5-7/h1-6H. The maximum atomic E-state index is 14.5. The van der Waals surface area contributed by atoms with Gasteiger partial charge in [-0.1, -0.05) is 30.3 Å². The van der Waals surface area contributed by atoms with Crippen LogP contribution in [0.25, 0.3) is 5.57 Å². The molecule has 1 aliphatic heterocycles. The highest BCUT2D eigenvalue weighted by molar-refractivity contribution is 7.96. The number of halogens is 4. The first-order valence-electron chi connectivity index (χ1n) is 5.24. The minimum atomic E-state index is -5.29. The molecule has 0 bridgehead atoms. The summed E-state index contributed by atoms with van der Waals surface area (Å²) in [5, 5.41) is -6.07. The van der Waals surface area contributed by atoms with E-state index in [0.29, 0.717) is 6.08 Å². The van der Waals surface area contributed by atoms with Crippen LogP contribution in [0.2, 0.25) is 0 Å². The van der Waals surface area contributed by atoms with Crippen molar-refractivity contribution in [1.82, 2.24) is 0 Å². The predicted molar refractivity (Wildman–Crippen MR) is 60.3 cm³/mol. The molecule has 0 N–H and O–H groups in total. The van der Waals surface area contributed by atoms with Crippen molar-refractivity contribution in [3.63, 3.8) is 0 Å². The SMILES string of the molecule is O=S1(=O)C(F)=C(F)C2(F)C(c3ccccc3)=CC21F. The Bertz CT molecular complexity index is 738. The van der Waals surface area contributed by atoms with E-state index in [4.69, 9.17) is 0 Å².